The van der Waals surface area contributed by atoms with Crippen molar-refractivity contribution in [3.05, 3.63) is 47.7 Å². The van der Waals surface area contributed by atoms with Crippen LogP contribution in [0.5, 0.6) is 0 Å². The van der Waals surface area contributed by atoms with Crippen LogP contribution in [-0.2, 0) is 9.53 Å². The molecule has 0 unspecified atom stereocenters. The number of amides is 1. The third-order valence-electron chi connectivity index (χ3n) is 2.22. The first kappa shape index (κ1) is 14.9. The second-order valence-electron chi connectivity index (χ2n) is 3.52. The molecule has 0 heterocycles. The first-order valence-electron chi connectivity index (χ1n) is 5.71. The summed E-state index contributed by atoms with van der Waals surface area (Å²) in [7, 11) is 0. The van der Waals surface area contributed by atoms with Crippen molar-refractivity contribution < 1.29 is 14.3 Å². The van der Waals surface area contributed by atoms with Crippen LogP contribution in [0.25, 0.3) is 0 Å². The molecule has 0 bridgehead atoms. The molecule has 6 heteroatoms. The molecule has 6 nitrogen and oxygen atoms in total. The molecule has 0 aliphatic heterocycles. The van der Waals surface area contributed by atoms with Crippen molar-refractivity contribution in [3.8, 4) is 12.3 Å². The minimum Gasteiger partial charge on any atom is -0.462 e. The lowest BCUT2D eigenvalue weighted by Gasteiger charge is -2.09. The Kier molecular flexibility index (Phi) is 5.49. The zero-order valence-corrected chi connectivity index (χ0v) is 10.7. The summed E-state index contributed by atoms with van der Waals surface area (Å²) >= 11 is 0. The Morgan fingerprint density at radius 2 is 1.95 bits per heavy atom. The van der Waals surface area contributed by atoms with Gasteiger partial charge in [-0.05, 0) is 19.1 Å². The minimum atomic E-state index is -0.879. The number of hydrogen-bond donors (Lipinski definition) is 0. The first-order chi connectivity index (χ1) is 9.63. The van der Waals surface area contributed by atoms with Crippen molar-refractivity contribution >= 4 is 11.9 Å². The largest absolute Gasteiger partial charge is 0.462 e. The Labute approximate surface area is 116 Å². The van der Waals surface area contributed by atoms with Gasteiger partial charge in [-0.25, -0.2) is 9.69 Å². The Balaban J connectivity index is 3.03. The number of carbonyl (C=O) groups is 2. The maximum absolute atomic E-state index is 12.0. The molecular formula is C14H11N3O3. The van der Waals surface area contributed by atoms with Crippen molar-refractivity contribution in [3.63, 3.8) is 0 Å². The van der Waals surface area contributed by atoms with Crippen LogP contribution in [0, 0.1) is 22.8 Å². The van der Waals surface area contributed by atoms with Crippen LogP contribution in [0.3, 0.4) is 0 Å². The lowest BCUT2D eigenvalue weighted by atomic mass is 10.2. The number of nitriles is 2. The standard InChI is InChI=1S/C14H11N3O3/c1-2-20-14(19)12(8-15)9-17(10-16)13(18)11-6-4-3-5-7-11/h3-7,9H,2H2,1H3. The zero-order valence-electron chi connectivity index (χ0n) is 10.7. The molecule has 0 saturated carbocycles. The summed E-state index contributed by atoms with van der Waals surface area (Å²) in [6.45, 7) is 1.68. The quantitative estimate of drug-likeness (QED) is 0.272. The Morgan fingerprint density at radius 3 is 2.45 bits per heavy atom. The molecule has 0 spiro atoms. The van der Waals surface area contributed by atoms with E-state index < -0.39 is 17.4 Å². The van der Waals surface area contributed by atoms with Crippen molar-refractivity contribution in [2.75, 3.05) is 6.61 Å². The summed E-state index contributed by atoms with van der Waals surface area (Å²) in [5.41, 5.74) is -0.149. The van der Waals surface area contributed by atoms with Crippen LogP contribution in [-0.4, -0.2) is 23.4 Å². The van der Waals surface area contributed by atoms with Gasteiger partial charge in [-0.1, -0.05) is 18.2 Å². The molecule has 1 aromatic rings. The van der Waals surface area contributed by atoms with Crippen LogP contribution in [0.15, 0.2) is 42.1 Å². The summed E-state index contributed by atoms with van der Waals surface area (Å²) in [5, 5.41) is 17.8. The van der Waals surface area contributed by atoms with Crippen molar-refractivity contribution in [2.45, 2.75) is 6.92 Å². The van der Waals surface area contributed by atoms with E-state index in [4.69, 9.17) is 10.5 Å². The maximum Gasteiger partial charge on any atom is 0.350 e. The van der Waals surface area contributed by atoms with E-state index in [0.717, 1.165) is 6.20 Å². The summed E-state index contributed by atoms with van der Waals surface area (Å²) in [5.74, 6) is -1.51. The molecular weight excluding hydrogens is 258 g/mol. The summed E-state index contributed by atoms with van der Waals surface area (Å²) in [6.07, 6.45) is 2.48. The fourth-order valence-electron chi connectivity index (χ4n) is 1.32. The summed E-state index contributed by atoms with van der Waals surface area (Å²) in [6, 6.07) is 9.66. The predicted molar refractivity (Wildman–Crippen MR) is 68.6 cm³/mol. The highest BCUT2D eigenvalue weighted by atomic mass is 16.5. The molecule has 0 aliphatic rings. The Bertz CT molecular complexity index is 609. The normalized spacial score (nSPS) is 10.1. The van der Waals surface area contributed by atoms with Gasteiger partial charge in [-0.2, -0.15) is 10.5 Å². The Morgan fingerprint density at radius 1 is 1.30 bits per heavy atom. The van der Waals surface area contributed by atoms with Gasteiger partial charge in [0, 0.05) is 11.8 Å². The van der Waals surface area contributed by atoms with E-state index >= 15 is 0 Å². The Hall–Kier alpha value is -3.12. The van der Waals surface area contributed by atoms with E-state index in [9.17, 15) is 9.59 Å². The highest BCUT2D eigenvalue weighted by molar-refractivity contribution is 5.98. The van der Waals surface area contributed by atoms with Crippen molar-refractivity contribution in [1.82, 2.24) is 4.90 Å². The van der Waals surface area contributed by atoms with Crippen LogP contribution >= 0.6 is 0 Å². The molecule has 1 amide bonds. The first-order valence-corrected chi connectivity index (χ1v) is 5.71. The molecule has 100 valence electrons. The number of benzene rings is 1. The van der Waals surface area contributed by atoms with Crippen LogP contribution in [0.1, 0.15) is 17.3 Å². The molecule has 0 radical (unpaired) electrons. The molecule has 0 saturated heterocycles. The minimum absolute atomic E-state index is 0.0943. The summed E-state index contributed by atoms with van der Waals surface area (Å²) in [4.78, 5) is 24.0. The third-order valence-corrected chi connectivity index (χ3v) is 2.22. The van der Waals surface area contributed by atoms with E-state index in [1.807, 2.05) is 0 Å². The molecule has 1 aromatic carbocycles. The van der Waals surface area contributed by atoms with Crippen LogP contribution < -0.4 is 0 Å². The number of rotatable bonds is 4. The fraction of sp³-hybridized carbons (Fsp3) is 0.143. The number of esters is 1. The van der Waals surface area contributed by atoms with Gasteiger partial charge in [-0.3, -0.25) is 4.79 Å². The second kappa shape index (κ2) is 7.34. The maximum atomic E-state index is 12.0. The van der Waals surface area contributed by atoms with E-state index in [2.05, 4.69) is 4.74 Å². The zero-order chi connectivity index (χ0) is 15.0. The molecule has 0 aromatic heterocycles. The molecule has 0 atom stereocenters. The highest BCUT2D eigenvalue weighted by Gasteiger charge is 2.17. The topological polar surface area (TPSA) is 94.2 Å². The SMILES string of the molecule is CCOC(=O)C(C#N)=CN(C#N)C(=O)c1ccccc1. The van der Waals surface area contributed by atoms with E-state index in [0.29, 0.717) is 4.90 Å². The van der Waals surface area contributed by atoms with Crippen LogP contribution in [0.4, 0.5) is 0 Å². The van der Waals surface area contributed by atoms with Gasteiger partial charge in [-0.15, -0.1) is 0 Å². The summed E-state index contributed by atoms with van der Waals surface area (Å²) < 4.78 is 4.65. The lowest BCUT2D eigenvalue weighted by molar-refractivity contribution is -0.138. The monoisotopic (exact) mass is 269 g/mol. The van der Waals surface area contributed by atoms with E-state index in [1.165, 1.54) is 12.1 Å². The molecule has 20 heavy (non-hydrogen) atoms. The van der Waals surface area contributed by atoms with E-state index in [1.54, 1.807) is 37.4 Å². The van der Waals surface area contributed by atoms with Gasteiger partial charge in [0.1, 0.15) is 6.07 Å². The number of nitrogens with zero attached hydrogens (tertiary/aromatic N) is 3. The lowest BCUT2D eigenvalue weighted by Crippen LogP contribution is -2.22. The average molecular weight is 269 g/mol. The third kappa shape index (κ3) is 3.69. The molecule has 0 fully saturated rings. The van der Waals surface area contributed by atoms with Gasteiger partial charge in [0.15, 0.2) is 11.8 Å². The van der Waals surface area contributed by atoms with Gasteiger partial charge in [0.2, 0.25) is 0 Å². The van der Waals surface area contributed by atoms with Crippen molar-refractivity contribution in [1.29, 1.82) is 10.5 Å². The van der Waals surface area contributed by atoms with Gasteiger partial charge in [0.05, 0.1) is 6.61 Å². The smallest absolute Gasteiger partial charge is 0.350 e. The van der Waals surface area contributed by atoms with Gasteiger partial charge in [0.25, 0.3) is 5.91 Å². The number of hydrogen-bond acceptors (Lipinski definition) is 5. The number of carbonyl (C=O) groups excluding carboxylic acids is 2. The predicted octanol–water partition coefficient (Wildman–Crippen LogP) is 1.58. The molecule has 0 N–H and O–H groups in total. The van der Waals surface area contributed by atoms with Gasteiger partial charge >= 0.3 is 5.97 Å². The van der Waals surface area contributed by atoms with Crippen LogP contribution in [0.2, 0.25) is 0 Å². The van der Waals surface area contributed by atoms with Gasteiger partial charge < -0.3 is 4.74 Å². The van der Waals surface area contributed by atoms with E-state index in [-0.39, 0.29) is 12.2 Å². The fourth-order valence-corrected chi connectivity index (χ4v) is 1.32. The average Bonchev–Trinajstić information content (AvgIpc) is 2.49. The number of ether oxygens (including phenoxy) is 1. The highest BCUT2D eigenvalue weighted by Crippen LogP contribution is 2.07. The molecule has 0 aliphatic carbocycles. The van der Waals surface area contributed by atoms with Crippen molar-refractivity contribution in [2.24, 2.45) is 0 Å². The second-order valence-corrected chi connectivity index (χ2v) is 3.52. The molecule has 1 rings (SSSR count).